The van der Waals surface area contributed by atoms with Crippen molar-refractivity contribution in [2.45, 2.75) is 37.5 Å². The third-order valence-corrected chi connectivity index (χ3v) is 7.84. The molecule has 1 saturated carbocycles. The third kappa shape index (κ3) is 4.64. The van der Waals surface area contributed by atoms with Crippen LogP contribution >= 0.6 is 0 Å². The van der Waals surface area contributed by atoms with Crippen molar-refractivity contribution in [1.82, 2.24) is 19.9 Å². The molecule has 0 radical (unpaired) electrons. The van der Waals surface area contributed by atoms with Gasteiger partial charge in [0.15, 0.2) is 29.8 Å². The number of anilines is 3. The Morgan fingerprint density at radius 1 is 1.17 bits per heavy atom. The molecule has 3 aliphatic heterocycles. The lowest BCUT2D eigenvalue weighted by molar-refractivity contribution is -0.118. The predicted octanol–water partition coefficient (Wildman–Crippen LogP) is 1.49. The van der Waals surface area contributed by atoms with Gasteiger partial charge in [0.2, 0.25) is 5.43 Å². The highest BCUT2D eigenvalue weighted by Crippen LogP contribution is 2.37. The summed E-state index contributed by atoms with van der Waals surface area (Å²) in [5.41, 5.74) is -0.875. The van der Waals surface area contributed by atoms with Crippen molar-refractivity contribution < 1.29 is 33.4 Å². The van der Waals surface area contributed by atoms with Crippen LogP contribution in [0.15, 0.2) is 29.2 Å². The lowest BCUT2D eigenvalue weighted by Gasteiger charge is -2.21. The SMILES string of the molecule is O=C1COc2ccc(N3CC(CNC4CCN(c5nc6c(cc5F)c(=O)c(C(=O)O)cn6C5CC5)C4)OC3=O)nc2N1. The highest BCUT2D eigenvalue weighted by Gasteiger charge is 2.35. The molecule has 7 rings (SSSR count). The molecule has 14 nitrogen and oxygen atoms in total. The second-order valence-corrected chi connectivity index (χ2v) is 10.8. The van der Waals surface area contributed by atoms with Crippen LogP contribution in [0.4, 0.5) is 26.6 Å². The van der Waals surface area contributed by atoms with Crippen molar-refractivity contribution in [2.75, 3.05) is 47.9 Å². The fraction of sp³-hybridized carbons (Fsp3) is 0.407. The zero-order chi connectivity index (χ0) is 29.1. The van der Waals surface area contributed by atoms with Crippen LogP contribution in [0.1, 0.15) is 35.7 Å². The normalized spacial score (nSPS) is 21.7. The fourth-order valence-electron chi connectivity index (χ4n) is 5.58. The average molecular weight is 580 g/mol. The standard InChI is InChI=1S/C27H26FN7O7/c28-18-7-16-22(37)17(26(38)39)11-34(14-1-2-14)24(16)32-25(18)33-6-5-13(9-33)29-8-15-10-35(27(40)42-15)20-4-3-19-23(30-20)31-21(36)12-41-19/h3-4,7,11,13-15,29H,1-2,5-6,8-10,12H2,(H,38,39)(H,30,31,36). The van der Waals surface area contributed by atoms with E-state index in [1.54, 1.807) is 21.6 Å². The Bertz CT molecular complexity index is 1710. The van der Waals surface area contributed by atoms with Crippen LogP contribution in [0.2, 0.25) is 0 Å². The second-order valence-electron chi connectivity index (χ2n) is 10.8. The number of halogens is 1. The molecule has 0 bridgehead atoms. The van der Waals surface area contributed by atoms with E-state index in [1.807, 2.05) is 0 Å². The van der Waals surface area contributed by atoms with Crippen molar-refractivity contribution in [3.63, 3.8) is 0 Å². The van der Waals surface area contributed by atoms with E-state index in [0.29, 0.717) is 37.6 Å². The van der Waals surface area contributed by atoms with E-state index >= 15 is 4.39 Å². The summed E-state index contributed by atoms with van der Waals surface area (Å²) in [4.78, 5) is 60.5. The first-order valence-electron chi connectivity index (χ1n) is 13.6. The first kappa shape index (κ1) is 26.1. The molecule has 2 amide bonds. The minimum atomic E-state index is -1.35. The maximum absolute atomic E-state index is 15.2. The topological polar surface area (TPSA) is 168 Å². The number of rotatable bonds is 7. The number of carboxylic acids is 1. The van der Waals surface area contributed by atoms with Gasteiger partial charge in [-0.2, -0.15) is 0 Å². The molecule has 2 saturated heterocycles. The van der Waals surface area contributed by atoms with Crippen molar-refractivity contribution in [2.24, 2.45) is 0 Å². The summed E-state index contributed by atoms with van der Waals surface area (Å²) in [5, 5.41) is 15.4. The highest BCUT2D eigenvalue weighted by atomic mass is 19.1. The van der Waals surface area contributed by atoms with E-state index in [9.17, 15) is 24.3 Å². The number of nitrogens with one attached hydrogen (secondary N) is 2. The van der Waals surface area contributed by atoms with Gasteiger partial charge in [-0.3, -0.25) is 14.5 Å². The number of pyridine rings is 3. The number of carbonyl (C=O) groups is 3. The van der Waals surface area contributed by atoms with Crippen LogP contribution in [0, 0.1) is 5.82 Å². The monoisotopic (exact) mass is 579 g/mol. The smallest absolute Gasteiger partial charge is 0.416 e. The van der Waals surface area contributed by atoms with Gasteiger partial charge < -0.3 is 34.7 Å². The molecular formula is C27H26FN7O7. The number of fused-ring (bicyclic) bond motifs is 2. The molecule has 0 aromatic carbocycles. The van der Waals surface area contributed by atoms with Gasteiger partial charge in [0.1, 0.15) is 23.1 Å². The number of hydrogen-bond donors (Lipinski definition) is 3. The largest absolute Gasteiger partial charge is 0.480 e. The van der Waals surface area contributed by atoms with Gasteiger partial charge in [-0.05, 0) is 37.5 Å². The zero-order valence-corrected chi connectivity index (χ0v) is 22.2. The van der Waals surface area contributed by atoms with E-state index < -0.39 is 35.0 Å². The Morgan fingerprint density at radius 3 is 2.79 bits per heavy atom. The van der Waals surface area contributed by atoms with Gasteiger partial charge in [0.05, 0.1) is 11.9 Å². The first-order valence-corrected chi connectivity index (χ1v) is 13.6. The lowest BCUT2D eigenvalue weighted by Crippen LogP contribution is -2.39. The van der Waals surface area contributed by atoms with Crippen LogP contribution in [0.25, 0.3) is 11.0 Å². The predicted molar refractivity (Wildman–Crippen MR) is 146 cm³/mol. The Kier molecular flexibility index (Phi) is 6.18. The molecule has 2 unspecified atom stereocenters. The summed E-state index contributed by atoms with van der Waals surface area (Å²) in [6.45, 7) is 1.47. The molecule has 42 heavy (non-hydrogen) atoms. The van der Waals surface area contributed by atoms with Gasteiger partial charge in [0.25, 0.3) is 5.91 Å². The number of nitrogens with zero attached hydrogens (tertiary/aromatic N) is 5. The van der Waals surface area contributed by atoms with E-state index in [-0.39, 0.29) is 53.8 Å². The zero-order valence-electron chi connectivity index (χ0n) is 22.2. The number of cyclic esters (lactones) is 1. The average Bonchev–Trinajstić information content (AvgIpc) is 3.58. The summed E-state index contributed by atoms with van der Waals surface area (Å²) in [6, 6.07) is 4.34. The van der Waals surface area contributed by atoms with Crippen LogP contribution < -0.4 is 30.6 Å². The van der Waals surface area contributed by atoms with Gasteiger partial charge in [-0.15, -0.1) is 0 Å². The molecule has 6 heterocycles. The number of ether oxygens (including phenoxy) is 2. The number of carbonyl (C=O) groups excluding carboxylic acids is 2. The van der Waals surface area contributed by atoms with Crippen LogP contribution in [0.3, 0.4) is 0 Å². The van der Waals surface area contributed by atoms with E-state index in [0.717, 1.165) is 18.9 Å². The molecule has 3 aromatic rings. The van der Waals surface area contributed by atoms with Gasteiger partial charge in [-0.1, -0.05) is 0 Å². The molecule has 2 atom stereocenters. The summed E-state index contributed by atoms with van der Waals surface area (Å²) >= 11 is 0. The molecule has 3 N–H and O–H groups in total. The Balaban J connectivity index is 1.02. The number of hydrogen-bond acceptors (Lipinski definition) is 10. The third-order valence-electron chi connectivity index (χ3n) is 7.84. The van der Waals surface area contributed by atoms with Crippen molar-refractivity contribution in [3.8, 4) is 5.75 Å². The molecule has 3 aromatic heterocycles. The van der Waals surface area contributed by atoms with Crippen LogP contribution in [-0.4, -0.2) is 82.5 Å². The summed E-state index contributed by atoms with van der Waals surface area (Å²) in [6.07, 6.45) is 2.64. The number of carboxylic acid groups (broad SMARTS) is 1. The Hall–Kier alpha value is -4.79. The molecule has 0 spiro atoms. The minimum absolute atomic E-state index is 0.0299. The molecule has 1 aliphatic carbocycles. The maximum Gasteiger partial charge on any atom is 0.416 e. The Morgan fingerprint density at radius 2 is 2.00 bits per heavy atom. The number of amides is 2. The van der Waals surface area contributed by atoms with E-state index in [2.05, 4.69) is 20.6 Å². The van der Waals surface area contributed by atoms with Crippen molar-refractivity contribution in [3.05, 3.63) is 46.0 Å². The van der Waals surface area contributed by atoms with Crippen molar-refractivity contribution in [1.29, 1.82) is 0 Å². The van der Waals surface area contributed by atoms with Gasteiger partial charge in [-0.25, -0.2) is 23.9 Å². The Labute approximate surface area is 237 Å². The molecule has 15 heteroatoms. The molecule has 4 aliphatic rings. The fourth-order valence-corrected chi connectivity index (χ4v) is 5.58. The summed E-state index contributed by atoms with van der Waals surface area (Å²) < 4.78 is 27.8. The number of aromatic carboxylic acids is 1. The van der Waals surface area contributed by atoms with Crippen molar-refractivity contribution >= 4 is 46.5 Å². The first-order chi connectivity index (χ1) is 20.2. The highest BCUT2D eigenvalue weighted by molar-refractivity contribution is 5.95. The number of aromatic nitrogens is 3. The van der Waals surface area contributed by atoms with E-state index in [4.69, 9.17) is 9.47 Å². The molecule has 3 fully saturated rings. The maximum atomic E-state index is 15.2. The molecular weight excluding hydrogens is 553 g/mol. The van der Waals surface area contributed by atoms with Gasteiger partial charge in [0, 0.05) is 37.9 Å². The van der Waals surface area contributed by atoms with Crippen LogP contribution in [-0.2, 0) is 9.53 Å². The minimum Gasteiger partial charge on any atom is -0.480 e. The summed E-state index contributed by atoms with van der Waals surface area (Å²) in [7, 11) is 0. The van der Waals surface area contributed by atoms with Gasteiger partial charge >= 0.3 is 12.1 Å². The summed E-state index contributed by atoms with van der Waals surface area (Å²) in [5.74, 6) is -1.26. The van der Waals surface area contributed by atoms with Crippen LogP contribution in [0.5, 0.6) is 5.75 Å². The molecule has 218 valence electrons. The van der Waals surface area contributed by atoms with E-state index in [1.165, 1.54) is 11.1 Å². The quantitative estimate of drug-likeness (QED) is 0.371. The second kappa shape index (κ2) is 9.94. The lowest BCUT2D eigenvalue weighted by atomic mass is 10.2.